The minimum absolute atomic E-state index is 0.110. The van der Waals surface area contributed by atoms with Crippen molar-refractivity contribution in [2.45, 2.75) is 18.1 Å². The molecule has 8 heteroatoms. The van der Waals surface area contributed by atoms with Gasteiger partial charge in [-0.1, -0.05) is 6.07 Å². The van der Waals surface area contributed by atoms with Gasteiger partial charge in [-0.05, 0) is 36.6 Å². The van der Waals surface area contributed by atoms with Crippen LogP contribution in [0.1, 0.15) is 18.4 Å². The molecule has 3 aliphatic rings. The van der Waals surface area contributed by atoms with Gasteiger partial charge in [0.2, 0.25) is 22.7 Å². The summed E-state index contributed by atoms with van der Waals surface area (Å²) in [6.45, 7) is 1.83. The van der Waals surface area contributed by atoms with Crippen molar-refractivity contribution in [3.63, 3.8) is 0 Å². The zero-order valence-electron chi connectivity index (χ0n) is 13.8. The summed E-state index contributed by atoms with van der Waals surface area (Å²) in [5, 5.41) is -0.194. The summed E-state index contributed by atoms with van der Waals surface area (Å²) in [6.07, 6.45) is 4.78. The van der Waals surface area contributed by atoms with E-state index in [9.17, 15) is 13.2 Å². The predicted octanol–water partition coefficient (Wildman–Crippen LogP) is 1.06. The van der Waals surface area contributed by atoms with Gasteiger partial charge in [0.15, 0.2) is 11.5 Å². The summed E-state index contributed by atoms with van der Waals surface area (Å²) in [5.74, 6) is 1.27. The lowest BCUT2D eigenvalue weighted by Gasteiger charge is -2.33. The third-order valence-corrected chi connectivity index (χ3v) is 7.07. The van der Waals surface area contributed by atoms with Crippen molar-refractivity contribution in [3.05, 3.63) is 29.8 Å². The summed E-state index contributed by atoms with van der Waals surface area (Å²) in [7, 11) is -3.15. The number of sulfonamides is 1. The molecule has 0 bridgehead atoms. The highest BCUT2D eigenvalue weighted by Gasteiger charge is 2.41. The van der Waals surface area contributed by atoms with Crippen LogP contribution in [-0.2, 0) is 14.8 Å². The third-order valence-electron chi connectivity index (χ3n) is 4.67. The van der Waals surface area contributed by atoms with Crippen molar-refractivity contribution in [2.24, 2.45) is 0 Å². The first-order chi connectivity index (χ1) is 12.0. The van der Waals surface area contributed by atoms with E-state index in [2.05, 4.69) is 0 Å². The highest BCUT2D eigenvalue weighted by Crippen LogP contribution is 2.33. The number of rotatable bonds is 4. The number of carbonyl (C=O) groups is 1. The van der Waals surface area contributed by atoms with Crippen LogP contribution in [0, 0.1) is 0 Å². The van der Waals surface area contributed by atoms with Gasteiger partial charge >= 0.3 is 0 Å². The zero-order valence-corrected chi connectivity index (χ0v) is 14.6. The van der Waals surface area contributed by atoms with E-state index < -0.39 is 10.0 Å². The average molecular weight is 364 g/mol. The molecule has 1 aromatic carbocycles. The van der Waals surface area contributed by atoms with Crippen molar-refractivity contribution < 1.29 is 22.7 Å². The van der Waals surface area contributed by atoms with E-state index >= 15 is 0 Å². The minimum Gasteiger partial charge on any atom is -0.454 e. The van der Waals surface area contributed by atoms with Crippen LogP contribution < -0.4 is 9.47 Å². The highest BCUT2D eigenvalue weighted by molar-refractivity contribution is 7.90. The molecule has 2 fully saturated rings. The fourth-order valence-electron chi connectivity index (χ4n) is 3.03. The van der Waals surface area contributed by atoms with Crippen LogP contribution in [0.2, 0.25) is 0 Å². The quantitative estimate of drug-likeness (QED) is 0.747. The number of carbonyl (C=O) groups excluding carboxylic acids is 1. The Kier molecular flexibility index (Phi) is 4.16. The molecule has 134 valence electrons. The molecule has 25 heavy (non-hydrogen) atoms. The molecular formula is C17H20N2O5S. The summed E-state index contributed by atoms with van der Waals surface area (Å²) >= 11 is 0. The Morgan fingerprint density at radius 1 is 1.08 bits per heavy atom. The second-order valence-electron chi connectivity index (χ2n) is 6.41. The van der Waals surface area contributed by atoms with E-state index in [1.54, 1.807) is 11.0 Å². The second kappa shape index (κ2) is 6.34. The summed E-state index contributed by atoms with van der Waals surface area (Å²) in [4.78, 5) is 14.0. The molecule has 0 radical (unpaired) electrons. The Hall–Kier alpha value is -2.06. The number of hydrogen-bond acceptors (Lipinski definition) is 5. The molecule has 0 atom stereocenters. The van der Waals surface area contributed by atoms with Crippen molar-refractivity contribution in [1.82, 2.24) is 9.21 Å². The van der Waals surface area contributed by atoms with Crippen LogP contribution in [0.25, 0.3) is 6.08 Å². The van der Waals surface area contributed by atoms with Gasteiger partial charge < -0.3 is 14.4 Å². The second-order valence-corrected chi connectivity index (χ2v) is 8.63. The average Bonchev–Trinajstić information content (AvgIpc) is 3.39. The molecule has 0 spiro atoms. The highest BCUT2D eigenvalue weighted by atomic mass is 32.2. The van der Waals surface area contributed by atoms with Crippen LogP contribution in [-0.4, -0.2) is 61.8 Å². The SMILES string of the molecule is O=C(C=Cc1ccc2c(c1)OCO2)N1CCN(S(=O)(=O)C2CC2)CC1. The lowest BCUT2D eigenvalue weighted by molar-refractivity contribution is -0.127. The van der Waals surface area contributed by atoms with Crippen LogP contribution >= 0.6 is 0 Å². The zero-order chi connectivity index (χ0) is 17.4. The van der Waals surface area contributed by atoms with Gasteiger partial charge in [0.25, 0.3) is 0 Å². The van der Waals surface area contributed by atoms with Crippen molar-refractivity contribution in [1.29, 1.82) is 0 Å². The maximum Gasteiger partial charge on any atom is 0.246 e. The fourth-order valence-corrected chi connectivity index (χ4v) is 4.86. The number of hydrogen-bond donors (Lipinski definition) is 0. The maximum absolute atomic E-state index is 12.3. The third kappa shape index (κ3) is 3.36. The number of amides is 1. The standard InChI is InChI=1S/C17H20N2O5S/c20-17(6-2-13-1-5-15-16(11-13)24-12-23-15)18-7-9-19(10-8-18)25(21,22)14-3-4-14/h1-2,5-6,11,14H,3-4,7-10,12H2. The molecule has 1 amide bonds. The molecular weight excluding hydrogens is 344 g/mol. The van der Waals surface area contributed by atoms with E-state index in [1.807, 2.05) is 18.2 Å². The normalized spacial score (nSPS) is 21.0. The van der Waals surface area contributed by atoms with Crippen LogP contribution in [0.15, 0.2) is 24.3 Å². The lowest BCUT2D eigenvalue weighted by atomic mass is 10.2. The minimum atomic E-state index is -3.15. The Morgan fingerprint density at radius 3 is 2.52 bits per heavy atom. The molecule has 4 rings (SSSR count). The molecule has 2 aliphatic heterocycles. The predicted molar refractivity (Wildman–Crippen MR) is 91.7 cm³/mol. The van der Waals surface area contributed by atoms with Crippen LogP contribution in [0.3, 0.4) is 0 Å². The van der Waals surface area contributed by atoms with E-state index in [4.69, 9.17) is 9.47 Å². The Bertz CT molecular complexity index is 808. The smallest absolute Gasteiger partial charge is 0.246 e. The Morgan fingerprint density at radius 2 is 1.80 bits per heavy atom. The number of nitrogens with zero attached hydrogens (tertiary/aromatic N) is 2. The van der Waals surface area contributed by atoms with Gasteiger partial charge in [0, 0.05) is 32.3 Å². The first kappa shape index (κ1) is 16.4. The van der Waals surface area contributed by atoms with Crippen molar-refractivity contribution in [2.75, 3.05) is 33.0 Å². The topological polar surface area (TPSA) is 76.2 Å². The van der Waals surface area contributed by atoms with Crippen molar-refractivity contribution in [3.8, 4) is 11.5 Å². The van der Waals surface area contributed by atoms with E-state index in [1.165, 1.54) is 10.4 Å². The van der Waals surface area contributed by atoms with E-state index in [0.717, 1.165) is 18.4 Å². The van der Waals surface area contributed by atoms with Crippen LogP contribution in [0.5, 0.6) is 11.5 Å². The largest absolute Gasteiger partial charge is 0.454 e. The molecule has 0 unspecified atom stereocenters. The van der Waals surface area contributed by atoms with Gasteiger partial charge in [-0.15, -0.1) is 0 Å². The molecule has 1 saturated heterocycles. The molecule has 0 aromatic heterocycles. The van der Waals surface area contributed by atoms with E-state index in [0.29, 0.717) is 37.7 Å². The molecule has 1 aliphatic carbocycles. The van der Waals surface area contributed by atoms with Gasteiger partial charge in [-0.2, -0.15) is 4.31 Å². The molecule has 1 aromatic rings. The summed E-state index contributed by atoms with van der Waals surface area (Å²) < 4.78 is 36.5. The van der Waals surface area contributed by atoms with Gasteiger partial charge in [0.05, 0.1) is 5.25 Å². The molecule has 1 saturated carbocycles. The Labute approximate surface area is 146 Å². The number of ether oxygens (including phenoxy) is 2. The molecule has 2 heterocycles. The first-order valence-corrected chi connectivity index (χ1v) is 9.90. The summed E-state index contributed by atoms with van der Waals surface area (Å²) in [5.41, 5.74) is 0.854. The van der Waals surface area contributed by atoms with E-state index in [-0.39, 0.29) is 18.0 Å². The van der Waals surface area contributed by atoms with Gasteiger partial charge in [-0.3, -0.25) is 4.79 Å². The molecule has 7 nitrogen and oxygen atoms in total. The number of fused-ring (bicyclic) bond motifs is 1. The summed E-state index contributed by atoms with van der Waals surface area (Å²) in [6, 6.07) is 5.50. The number of piperazine rings is 1. The monoisotopic (exact) mass is 364 g/mol. The lowest BCUT2D eigenvalue weighted by Crippen LogP contribution is -2.50. The maximum atomic E-state index is 12.3. The number of benzene rings is 1. The molecule has 0 N–H and O–H groups in total. The van der Waals surface area contributed by atoms with Gasteiger partial charge in [0.1, 0.15) is 0 Å². The fraction of sp³-hybridized carbons (Fsp3) is 0.471. The first-order valence-electron chi connectivity index (χ1n) is 8.40. The Balaban J connectivity index is 1.34. The van der Waals surface area contributed by atoms with Gasteiger partial charge in [-0.25, -0.2) is 8.42 Å². The van der Waals surface area contributed by atoms with Crippen LogP contribution in [0.4, 0.5) is 0 Å². The van der Waals surface area contributed by atoms with Crippen molar-refractivity contribution >= 4 is 22.0 Å².